The third-order valence-corrected chi connectivity index (χ3v) is 10.0. The Hall–Kier alpha value is -0.990. The van der Waals surface area contributed by atoms with Gasteiger partial charge in [0, 0.05) is 17.5 Å². The number of hydrogen-bond donors (Lipinski definition) is 2. The van der Waals surface area contributed by atoms with E-state index >= 15 is 4.39 Å². The van der Waals surface area contributed by atoms with Crippen LogP contribution in [0.5, 0.6) is 0 Å². The molecule has 1 amide bonds. The first kappa shape index (κ1) is 26.6. The number of carbonyl (C=O) groups is 1. The van der Waals surface area contributed by atoms with E-state index in [0.717, 1.165) is 50.8 Å². The fraction of sp³-hybridized carbons (Fsp3) is 0.692. The second-order valence-electron chi connectivity index (χ2n) is 12.3. The van der Waals surface area contributed by atoms with Crippen molar-refractivity contribution in [3.05, 3.63) is 29.3 Å². The van der Waals surface area contributed by atoms with Gasteiger partial charge >= 0.3 is 0 Å². The van der Waals surface area contributed by atoms with Crippen LogP contribution in [-0.2, 0) is 10.2 Å². The minimum absolute atomic E-state index is 0.0257. The van der Waals surface area contributed by atoms with E-state index in [2.05, 4.69) is 28.8 Å². The van der Waals surface area contributed by atoms with Gasteiger partial charge in [-0.1, -0.05) is 24.7 Å². The predicted octanol–water partition coefficient (Wildman–Crippen LogP) is 5.18. The molecule has 0 saturated heterocycles. The standard InChI is InChI=1S/C26H35B2F2N3OP2/c1-23(27)11-15(23)13-31-21(34)17(12-24(2,28)30)16-3-4-18-20(19(16)29)33-22(32-18)25(9-10-25)14-5-7-26(35,36)8-6-14/h3-4,14-15,17H,5-13,35-36H2,1-2H3,(H,31,34)(H,32,33). The number of imidazole rings is 1. The van der Waals surface area contributed by atoms with Gasteiger partial charge in [0.25, 0.3) is 0 Å². The number of aromatic nitrogens is 2. The fourth-order valence-corrected chi connectivity index (χ4v) is 6.78. The highest BCUT2D eigenvalue weighted by Gasteiger charge is 2.54. The van der Waals surface area contributed by atoms with Crippen molar-refractivity contribution < 1.29 is 13.6 Å². The number of nitrogens with one attached hydrogen (secondary N) is 2. The van der Waals surface area contributed by atoms with Crippen LogP contribution < -0.4 is 5.32 Å². The summed E-state index contributed by atoms with van der Waals surface area (Å²) in [4.78, 5) is 21.5. The van der Waals surface area contributed by atoms with Gasteiger partial charge in [0.1, 0.15) is 19.2 Å². The number of rotatable bonds is 8. The molecule has 6 atom stereocenters. The Labute approximate surface area is 219 Å². The van der Waals surface area contributed by atoms with E-state index in [1.165, 1.54) is 6.92 Å². The third kappa shape index (κ3) is 5.28. The Morgan fingerprint density at radius 2 is 1.94 bits per heavy atom. The lowest BCUT2D eigenvalue weighted by Crippen LogP contribution is -2.35. The lowest BCUT2D eigenvalue weighted by atomic mass is 9.76. The van der Waals surface area contributed by atoms with E-state index < -0.39 is 23.2 Å². The van der Waals surface area contributed by atoms with Crippen LogP contribution in [0.3, 0.4) is 0 Å². The average Bonchev–Trinajstić information content (AvgIpc) is 3.64. The van der Waals surface area contributed by atoms with Gasteiger partial charge < -0.3 is 10.3 Å². The molecule has 3 aliphatic carbocycles. The molecular formula is C26H35B2F2N3OP2. The molecule has 36 heavy (non-hydrogen) atoms. The van der Waals surface area contributed by atoms with E-state index in [0.29, 0.717) is 18.0 Å². The van der Waals surface area contributed by atoms with Crippen LogP contribution >= 0.6 is 18.5 Å². The summed E-state index contributed by atoms with van der Waals surface area (Å²) in [5, 5.41) is 2.55. The largest absolute Gasteiger partial charge is 0.355 e. The molecule has 2 aromatic rings. The number of amides is 1. The Morgan fingerprint density at radius 1 is 1.31 bits per heavy atom. The Morgan fingerprint density at radius 3 is 2.50 bits per heavy atom. The molecule has 4 nitrogen and oxygen atoms in total. The van der Waals surface area contributed by atoms with Crippen LogP contribution in [0, 0.1) is 17.7 Å². The molecular weight excluding hydrogens is 492 g/mol. The number of nitrogens with zero attached hydrogens (tertiary/aromatic N) is 1. The molecule has 2 N–H and O–H groups in total. The number of hydrogen-bond acceptors (Lipinski definition) is 2. The Bertz CT molecular complexity index is 1170. The van der Waals surface area contributed by atoms with Crippen LogP contribution in [0.15, 0.2) is 12.1 Å². The van der Waals surface area contributed by atoms with E-state index in [-0.39, 0.29) is 39.0 Å². The smallest absolute Gasteiger partial charge is 0.227 e. The van der Waals surface area contributed by atoms with Crippen LogP contribution in [0.2, 0.25) is 5.31 Å². The molecule has 5 rings (SSSR count). The van der Waals surface area contributed by atoms with Crippen molar-refractivity contribution in [1.29, 1.82) is 0 Å². The van der Waals surface area contributed by atoms with Crippen molar-refractivity contribution in [3.63, 3.8) is 0 Å². The van der Waals surface area contributed by atoms with Crippen molar-refractivity contribution in [2.24, 2.45) is 11.8 Å². The SMILES string of the molecule is [B]C(C)(F)CC(C(=O)NCC1CC1([B])C)c1ccc2[nH]c(C3(C4CCC(P)(P)CC4)CC3)nc2c1F. The van der Waals surface area contributed by atoms with Gasteiger partial charge in [0.2, 0.25) is 5.91 Å². The zero-order valence-corrected chi connectivity index (χ0v) is 23.5. The number of halogens is 2. The summed E-state index contributed by atoms with van der Waals surface area (Å²) in [5.74, 6) is -0.570. The van der Waals surface area contributed by atoms with E-state index in [4.69, 9.17) is 20.7 Å². The van der Waals surface area contributed by atoms with Gasteiger partial charge in [-0.2, -0.15) is 0 Å². The monoisotopic (exact) mass is 527 g/mol. The molecule has 3 saturated carbocycles. The molecule has 3 aliphatic rings. The number of benzene rings is 1. The molecule has 0 bridgehead atoms. The van der Waals surface area contributed by atoms with Crippen LogP contribution in [0.25, 0.3) is 11.0 Å². The van der Waals surface area contributed by atoms with Gasteiger partial charge in [-0.05, 0) is 74.7 Å². The average molecular weight is 527 g/mol. The second-order valence-corrected chi connectivity index (χ2v) is 15.3. The quantitative estimate of drug-likeness (QED) is 0.368. The highest BCUT2D eigenvalue weighted by molar-refractivity contribution is 7.39. The summed E-state index contributed by atoms with van der Waals surface area (Å²) in [6.45, 7) is 3.51. The predicted molar refractivity (Wildman–Crippen MR) is 149 cm³/mol. The molecule has 4 radical (unpaired) electrons. The van der Waals surface area contributed by atoms with Crippen LogP contribution in [0.4, 0.5) is 8.78 Å². The van der Waals surface area contributed by atoms with Crippen LogP contribution in [0.1, 0.15) is 82.5 Å². The van der Waals surface area contributed by atoms with E-state index in [9.17, 15) is 9.18 Å². The van der Waals surface area contributed by atoms with Crippen LogP contribution in [-0.4, -0.2) is 48.6 Å². The first-order valence-electron chi connectivity index (χ1n) is 13.0. The summed E-state index contributed by atoms with van der Waals surface area (Å²) in [5.41, 5.74) is -1.22. The summed E-state index contributed by atoms with van der Waals surface area (Å²) >= 11 is 0. The molecule has 1 aromatic carbocycles. The minimum Gasteiger partial charge on any atom is -0.355 e. The molecule has 3 fully saturated rings. The maximum atomic E-state index is 15.9. The summed E-state index contributed by atoms with van der Waals surface area (Å²) in [6, 6.07) is 3.32. The molecule has 1 aromatic heterocycles. The van der Waals surface area contributed by atoms with Crippen molar-refractivity contribution in [2.75, 3.05) is 6.54 Å². The number of fused-ring (bicyclic) bond motifs is 1. The maximum Gasteiger partial charge on any atom is 0.227 e. The third-order valence-electron chi connectivity index (χ3n) is 8.86. The fourth-order valence-electron chi connectivity index (χ4n) is 6.11. The first-order chi connectivity index (χ1) is 16.7. The second kappa shape index (κ2) is 9.04. The number of H-pyrrole nitrogens is 1. The molecule has 0 aliphatic heterocycles. The topological polar surface area (TPSA) is 57.8 Å². The molecule has 0 spiro atoms. The van der Waals surface area contributed by atoms with Crippen molar-refractivity contribution in [3.8, 4) is 0 Å². The van der Waals surface area contributed by atoms with E-state index in [1.807, 2.05) is 6.92 Å². The summed E-state index contributed by atoms with van der Waals surface area (Å²) in [6.07, 6.45) is 7.05. The van der Waals surface area contributed by atoms with E-state index in [1.54, 1.807) is 12.1 Å². The maximum absolute atomic E-state index is 15.9. The summed E-state index contributed by atoms with van der Waals surface area (Å²) < 4.78 is 30.4. The molecule has 190 valence electrons. The zero-order chi connectivity index (χ0) is 26.1. The Kier molecular flexibility index (Phi) is 6.69. The number of carbonyl (C=O) groups excluding carboxylic acids is 1. The van der Waals surface area contributed by atoms with Crippen molar-refractivity contribution in [1.82, 2.24) is 15.3 Å². The van der Waals surface area contributed by atoms with Gasteiger partial charge in [0.15, 0.2) is 5.82 Å². The van der Waals surface area contributed by atoms with Gasteiger partial charge in [0.05, 0.1) is 24.8 Å². The van der Waals surface area contributed by atoms with Gasteiger partial charge in [-0.25, -0.2) is 9.37 Å². The highest BCUT2D eigenvalue weighted by atomic mass is 31.1. The Balaban J connectivity index is 1.41. The lowest BCUT2D eigenvalue weighted by molar-refractivity contribution is -0.123. The molecule has 10 heteroatoms. The number of alkyl halides is 1. The highest BCUT2D eigenvalue weighted by Crippen LogP contribution is 2.59. The zero-order valence-electron chi connectivity index (χ0n) is 21.2. The minimum atomic E-state index is -2.13. The lowest BCUT2D eigenvalue weighted by Gasteiger charge is -2.37. The first-order valence-corrected chi connectivity index (χ1v) is 14.2. The van der Waals surface area contributed by atoms with Gasteiger partial charge in [-0.15, -0.1) is 18.5 Å². The van der Waals surface area contributed by atoms with Gasteiger partial charge in [-0.3, -0.25) is 9.18 Å². The molecule has 1 heterocycles. The summed E-state index contributed by atoms with van der Waals surface area (Å²) in [7, 11) is 17.6. The molecule has 6 unspecified atom stereocenters. The van der Waals surface area contributed by atoms with Crippen molar-refractivity contribution in [2.45, 2.75) is 92.3 Å². The normalized spacial score (nSPS) is 29.4. The number of aromatic amines is 1. The van der Waals surface area contributed by atoms with Crippen molar-refractivity contribution >= 4 is 51.1 Å².